The van der Waals surface area contributed by atoms with Crippen molar-refractivity contribution in [3.63, 3.8) is 0 Å². The number of methoxy groups -OCH3 is 1. The Morgan fingerprint density at radius 3 is 1.38 bits per heavy atom. The van der Waals surface area contributed by atoms with Gasteiger partial charge in [-0.15, -0.1) is 0 Å². The van der Waals surface area contributed by atoms with E-state index in [1.165, 1.54) is 19.2 Å². The van der Waals surface area contributed by atoms with Gasteiger partial charge in [-0.1, -0.05) is 24.3 Å². The van der Waals surface area contributed by atoms with E-state index in [1.807, 2.05) is 13.8 Å². The third-order valence-corrected chi connectivity index (χ3v) is 4.41. The smallest absolute Gasteiger partial charge is 0.870 e. The van der Waals surface area contributed by atoms with Gasteiger partial charge in [-0.3, -0.25) is 0 Å². The van der Waals surface area contributed by atoms with E-state index in [4.69, 9.17) is 18.3 Å². The maximum absolute atomic E-state index is 11.2. The number of carboxylic acid groups (broad SMARTS) is 1. The van der Waals surface area contributed by atoms with Crippen LogP contribution in [0.2, 0.25) is 0 Å². The molecule has 0 atom stereocenters. The molecule has 0 saturated carbocycles. The van der Waals surface area contributed by atoms with Gasteiger partial charge in [0.15, 0.2) is 0 Å². The summed E-state index contributed by atoms with van der Waals surface area (Å²) in [7, 11) is 1.35. The molecule has 0 fully saturated rings. The molecule has 0 heterocycles. The molecule has 0 unspecified atom stereocenters. The van der Waals surface area contributed by atoms with Crippen molar-refractivity contribution < 1.29 is 49.2 Å². The molecule has 0 radical (unpaired) electrons. The number of carbonyl (C=O) groups excluding carboxylic acids is 1. The van der Waals surface area contributed by atoms with Crippen molar-refractivity contribution in [2.24, 2.45) is 0 Å². The Hall–Kier alpha value is -3.12. The summed E-state index contributed by atoms with van der Waals surface area (Å²) in [5.74, 6) is -1.31. The first-order chi connectivity index (χ1) is 13.5. The van der Waals surface area contributed by atoms with Crippen LogP contribution in [-0.4, -0.2) is 35.1 Å². The molecule has 0 amide bonds. The molecule has 0 aromatic heterocycles. The fraction of sp³-hybridized carbons (Fsp3) is 0.304. The van der Waals surface area contributed by atoms with Gasteiger partial charge < -0.3 is 30.5 Å². The van der Waals surface area contributed by atoms with E-state index in [0.29, 0.717) is 5.56 Å². The molecular weight excluding hydrogens is 407 g/mol. The minimum absolute atomic E-state index is 0. The van der Waals surface area contributed by atoms with Crippen LogP contribution in [0.3, 0.4) is 0 Å². The van der Waals surface area contributed by atoms with Crippen LogP contribution < -0.4 is 18.9 Å². The van der Waals surface area contributed by atoms with Gasteiger partial charge in [-0.2, -0.15) is 0 Å². The Labute approximate surface area is 200 Å². The second-order valence-electron chi connectivity index (χ2n) is 7.29. The fourth-order valence-electron chi connectivity index (χ4n) is 2.28. The molecule has 0 aliphatic carbocycles. The zero-order valence-corrected chi connectivity index (χ0v) is 19.1. The second-order valence-corrected chi connectivity index (χ2v) is 7.29. The number of hydrogen-bond acceptors (Lipinski definition) is 4. The van der Waals surface area contributed by atoms with Gasteiger partial charge in [-0.25, -0.2) is 22.7 Å². The molecule has 0 aliphatic heterocycles. The number of aromatic carboxylic acids is 1. The number of hydrogen-bond donors (Lipinski definition) is 1. The zero-order valence-electron chi connectivity index (χ0n) is 19.1. The summed E-state index contributed by atoms with van der Waals surface area (Å²) < 4.78 is 4.59. The van der Waals surface area contributed by atoms with E-state index in [-0.39, 0.29) is 41.3 Å². The van der Waals surface area contributed by atoms with Crippen molar-refractivity contribution in [2.45, 2.75) is 38.8 Å². The van der Waals surface area contributed by atoms with Crippen LogP contribution in [0.15, 0.2) is 48.5 Å². The first-order valence-corrected chi connectivity index (χ1v) is 8.78. The Kier molecular flexibility index (Phi) is 14.7. The topological polar surface area (TPSA) is 134 Å². The number of ether oxygens (including phenoxy) is 1. The molecule has 8 nitrogen and oxygen atoms in total. The number of benzene rings is 2. The SMILES string of the molecule is O.[C-]#[N+]C(C)(C)c1ccc(C(=O)O)cc1.[C-]#[N+]C(C)(C)c1ccc(C(=O)OC)cc1.[Li+].[OH-]. The Balaban J connectivity index is -0.000000481. The van der Waals surface area contributed by atoms with E-state index < -0.39 is 17.0 Å². The standard InChI is InChI=1S/C12H13NO2.C11H11NO2.Li.2H2O/c1-12(2,13-3)10-7-5-9(6-8-10)11(14)15-4;1-11(2,12-3)9-6-4-8(5-7-9)10(13)14;;;/h5-8H,1-2,4H3;4-7H,1-2H3,(H,13,14);;2*1H2/q;;+1;;/p-1. The molecule has 4 N–H and O–H groups in total. The van der Waals surface area contributed by atoms with Crippen molar-refractivity contribution in [3.05, 3.63) is 93.6 Å². The average Bonchev–Trinajstić information content (AvgIpc) is 2.73. The predicted molar refractivity (Wildman–Crippen MR) is 116 cm³/mol. The molecule has 2 aromatic rings. The van der Waals surface area contributed by atoms with Gasteiger partial charge in [-0.05, 0) is 24.3 Å². The van der Waals surface area contributed by atoms with Crippen molar-refractivity contribution >= 4 is 11.9 Å². The van der Waals surface area contributed by atoms with E-state index >= 15 is 0 Å². The average molecular weight is 434 g/mol. The van der Waals surface area contributed by atoms with Crippen LogP contribution in [-0.2, 0) is 15.8 Å². The molecule has 9 heteroatoms. The summed E-state index contributed by atoms with van der Waals surface area (Å²) in [6, 6.07) is 13.3. The summed E-state index contributed by atoms with van der Waals surface area (Å²) >= 11 is 0. The Morgan fingerprint density at radius 2 is 1.12 bits per heavy atom. The normalized spacial score (nSPS) is 9.59. The number of rotatable bonds is 4. The summed E-state index contributed by atoms with van der Waals surface area (Å²) in [6.45, 7) is 21.3. The number of nitrogens with zero attached hydrogens (tertiary/aromatic N) is 2. The Bertz CT molecular complexity index is 956. The van der Waals surface area contributed by atoms with Crippen molar-refractivity contribution in [1.29, 1.82) is 0 Å². The van der Waals surface area contributed by atoms with E-state index in [0.717, 1.165) is 11.1 Å². The summed E-state index contributed by atoms with van der Waals surface area (Å²) in [6.07, 6.45) is 0. The van der Waals surface area contributed by atoms with Gasteiger partial charge in [0, 0.05) is 38.8 Å². The quantitative estimate of drug-likeness (QED) is 0.438. The number of carboxylic acids is 1. The summed E-state index contributed by atoms with van der Waals surface area (Å²) in [5.41, 5.74) is 1.34. The maximum atomic E-state index is 11.2. The summed E-state index contributed by atoms with van der Waals surface area (Å²) in [4.78, 5) is 28.7. The Morgan fingerprint density at radius 1 is 0.812 bits per heavy atom. The third-order valence-electron chi connectivity index (χ3n) is 4.41. The van der Waals surface area contributed by atoms with Crippen molar-refractivity contribution in [2.75, 3.05) is 7.11 Å². The van der Waals surface area contributed by atoms with E-state index in [9.17, 15) is 9.59 Å². The monoisotopic (exact) mass is 434 g/mol. The van der Waals surface area contributed by atoms with Gasteiger partial charge in [0.25, 0.3) is 11.1 Å². The van der Waals surface area contributed by atoms with Gasteiger partial charge in [0.2, 0.25) is 0 Å². The largest absolute Gasteiger partial charge is 1.00 e. The van der Waals surface area contributed by atoms with Crippen LogP contribution in [0.5, 0.6) is 0 Å². The second kappa shape index (κ2) is 14.0. The van der Waals surface area contributed by atoms with E-state index in [1.54, 1.807) is 50.2 Å². The van der Waals surface area contributed by atoms with Gasteiger partial charge in [0.05, 0.1) is 18.2 Å². The van der Waals surface area contributed by atoms with Gasteiger partial charge in [0.1, 0.15) is 0 Å². The first-order valence-electron chi connectivity index (χ1n) is 8.78. The fourth-order valence-corrected chi connectivity index (χ4v) is 2.28. The van der Waals surface area contributed by atoms with Crippen molar-refractivity contribution in [1.82, 2.24) is 0 Å². The molecule has 0 aliphatic rings. The van der Waals surface area contributed by atoms with Crippen LogP contribution in [0, 0.1) is 13.1 Å². The third kappa shape index (κ3) is 8.94. The maximum Gasteiger partial charge on any atom is 1.00 e. The molecular formula is C23H27LiN2O6. The van der Waals surface area contributed by atoms with E-state index in [2.05, 4.69) is 14.4 Å². The zero-order chi connectivity index (χ0) is 22.2. The number of carbonyl (C=O) groups is 2. The minimum atomic E-state index is -0.947. The molecule has 2 aromatic carbocycles. The first kappa shape index (κ1) is 33.5. The molecule has 32 heavy (non-hydrogen) atoms. The van der Waals surface area contributed by atoms with Crippen LogP contribution in [0.25, 0.3) is 9.69 Å². The van der Waals surface area contributed by atoms with Crippen molar-refractivity contribution in [3.8, 4) is 0 Å². The molecule has 2 rings (SSSR count). The number of esters is 1. The molecule has 166 valence electrons. The summed E-state index contributed by atoms with van der Waals surface area (Å²) in [5, 5.41) is 8.68. The van der Waals surface area contributed by atoms with Crippen LogP contribution in [0.4, 0.5) is 0 Å². The predicted octanol–water partition coefficient (Wildman–Crippen LogP) is 1.17. The van der Waals surface area contributed by atoms with Gasteiger partial charge >= 0.3 is 30.8 Å². The molecule has 0 bridgehead atoms. The molecule has 0 saturated heterocycles. The minimum Gasteiger partial charge on any atom is -0.870 e. The van der Waals surface area contributed by atoms with Crippen LogP contribution >= 0.6 is 0 Å². The molecule has 0 spiro atoms. The van der Waals surface area contributed by atoms with Crippen LogP contribution in [0.1, 0.15) is 59.5 Å².